The lowest BCUT2D eigenvalue weighted by atomic mass is 10.2. The van der Waals surface area contributed by atoms with E-state index in [0.717, 1.165) is 28.3 Å². The summed E-state index contributed by atoms with van der Waals surface area (Å²) < 4.78 is 1.95. The Bertz CT molecular complexity index is 958. The molecule has 2 aromatic rings. The molecular formula is C18H18N4O4. The van der Waals surface area contributed by atoms with Gasteiger partial charge in [-0.1, -0.05) is 0 Å². The average molecular weight is 354 g/mol. The van der Waals surface area contributed by atoms with Crippen molar-refractivity contribution in [3.05, 3.63) is 52.6 Å². The van der Waals surface area contributed by atoms with Crippen molar-refractivity contribution >= 4 is 24.0 Å². The van der Waals surface area contributed by atoms with E-state index in [9.17, 15) is 14.4 Å². The molecule has 0 unspecified atom stereocenters. The molecule has 1 aliphatic heterocycles. The second-order valence-corrected chi connectivity index (χ2v) is 6.13. The van der Waals surface area contributed by atoms with E-state index in [1.807, 2.05) is 43.5 Å². The van der Waals surface area contributed by atoms with Gasteiger partial charge >= 0.3 is 12.0 Å². The molecule has 0 radical (unpaired) electrons. The summed E-state index contributed by atoms with van der Waals surface area (Å²) in [6, 6.07) is 5.00. The Balaban J connectivity index is 1.98. The highest BCUT2D eigenvalue weighted by Gasteiger charge is 2.35. The number of hydrogen-bond acceptors (Lipinski definition) is 4. The van der Waals surface area contributed by atoms with Gasteiger partial charge in [-0.05, 0) is 56.2 Å². The van der Waals surface area contributed by atoms with E-state index in [1.165, 1.54) is 0 Å². The maximum atomic E-state index is 12.3. The second-order valence-electron chi connectivity index (χ2n) is 6.13. The third-order valence-corrected chi connectivity index (χ3v) is 4.16. The Labute approximate surface area is 149 Å². The Morgan fingerprint density at radius 1 is 1.27 bits per heavy atom. The minimum Gasteiger partial charge on any atom is -0.480 e. The first-order chi connectivity index (χ1) is 12.3. The number of amides is 3. The number of pyridine rings is 1. The van der Waals surface area contributed by atoms with Crippen LogP contribution in [0.15, 0.2) is 30.1 Å². The zero-order chi connectivity index (χ0) is 19.0. The average Bonchev–Trinajstić information content (AvgIpc) is 2.98. The van der Waals surface area contributed by atoms with Gasteiger partial charge in [0.1, 0.15) is 18.1 Å². The van der Waals surface area contributed by atoms with Crippen molar-refractivity contribution in [2.75, 3.05) is 6.54 Å². The summed E-state index contributed by atoms with van der Waals surface area (Å²) in [5.74, 6) is -1.15. The Morgan fingerprint density at radius 2 is 2.00 bits per heavy atom. The van der Waals surface area contributed by atoms with Gasteiger partial charge in [-0.25, -0.2) is 14.7 Å². The Kier molecular flexibility index (Phi) is 4.33. The molecule has 0 saturated carbocycles. The maximum absolute atomic E-state index is 12.3. The molecule has 0 bridgehead atoms. The van der Waals surface area contributed by atoms with Crippen LogP contribution in [0.4, 0.5) is 4.79 Å². The van der Waals surface area contributed by atoms with Gasteiger partial charge in [-0.15, -0.1) is 0 Å². The molecule has 3 heterocycles. The number of urea groups is 1. The second kappa shape index (κ2) is 6.47. The first-order valence-corrected chi connectivity index (χ1v) is 7.96. The van der Waals surface area contributed by atoms with E-state index >= 15 is 0 Å². The van der Waals surface area contributed by atoms with E-state index in [-0.39, 0.29) is 5.70 Å². The van der Waals surface area contributed by atoms with Crippen LogP contribution in [0.3, 0.4) is 0 Å². The molecule has 2 aromatic heterocycles. The Hall–Kier alpha value is -3.42. The predicted octanol–water partition coefficient (Wildman–Crippen LogP) is 1.77. The number of nitrogens with zero attached hydrogens (tertiary/aromatic N) is 3. The predicted molar refractivity (Wildman–Crippen MR) is 93.6 cm³/mol. The number of carbonyl (C=O) groups excluding carboxylic acids is 2. The van der Waals surface area contributed by atoms with Crippen LogP contribution in [0, 0.1) is 20.8 Å². The molecule has 0 atom stereocenters. The molecule has 26 heavy (non-hydrogen) atoms. The van der Waals surface area contributed by atoms with Crippen LogP contribution in [0.5, 0.6) is 0 Å². The molecule has 3 rings (SSSR count). The van der Waals surface area contributed by atoms with Gasteiger partial charge in [0.15, 0.2) is 0 Å². The molecule has 8 heteroatoms. The molecular weight excluding hydrogens is 336 g/mol. The number of imide groups is 1. The summed E-state index contributed by atoms with van der Waals surface area (Å²) in [5.41, 5.74) is 3.64. The van der Waals surface area contributed by atoms with E-state index < -0.39 is 24.5 Å². The fourth-order valence-corrected chi connectivity index (χ4v) is 2.93. The van der Waals surface area contributed by atoms with Crippen LogP contribution in [-0.2, 0) is 9.59 Å². The number of carboxylic acid groups (broad SMARTS) is 1. The Morgan fingerprint density at radius 3 is 2.65 bits per heavy atom. The SMILES string of the molecule is Cc1ccnc(-n2c(C)cc(/C=C3/NC(=O)N(CC(=O)O)C3=O)c2C)c1. The highest BCUT2D eigenvalue weighted by Crippen LogP contribution is 2.23. The van der Waals surface area contributed by atoms with Crippen LogP contribution in [0.2, 0.25) is 0 Å². The molecule has 1 fully saturated rings. The summed E-state index contributed by atoms with van der Waals surface area (Å²) in [7, 11) is 0. The maximum Gasteiger partial charge on any atom is 0.329 e. The standard InChI is InChI=1S/C18H18N4O4/c1-10-4-5-19-15(6-10)22-11(2)7-13(12(22)3)8-14-17(25)21(9-16(23)24)18(26)20-14/h4-8H,9H2,1-3H3,(H,20,26)(H,23,24)/b14-8+. The lowest BCUT2D eigenvalue weighted by molar-refractivity contribution is -0.140. The molecule has 1 saturated heterocycles. The van der Waals surface area contributed by atoms with Crippen LogP contribution >= 0.6 is 0 Å². The number of carboxylic acids is 1. The zero-order valence-electron chi connectivity index (χ0n) is 14.6. The fraction of sp³-hybridized carbons (Fsp3) is 0.222. The molecule has 2 N–H and O–H groups in total. The number of nitrogens with one attached hydrogen (secondary N) is 1. The topological polar surface area (TPSA) is 105 Å². The van der Waals surface area contributed by atoms with Crippen molar-refractivity contribution in [1.82, 2.24) is 19.8 Å². The van der Waals surface area contributed by atoms with Crippen molar-refractivity contribution < 1.29 is 19.5 Å². The minimum absolute atomic E-state index is 0.0497. The number of hydrogen-bond donors (Lipinski definition) is 2. The summed E-state index contributed by atoms with van der Waals surface area (Å²) in [4.78, 5) is 39.9. The molecule has 0 aliphatic carbocycles. The zero-order valence-corrected chi connectivity index (χ0v) is 14.6. The van der Waals surface area contributed by atoms with Gasteiger partial charge in [0.05, 0.1) is 0 Å². The molecule has 134 valence electrons. The molecule has 8 nitrogen and oxygen atoms in total. The molecule has 3 amide bonds. The van der Waals surface area contributed by atoms with Gasteiger partial charge in [-0.2, -0.15) is 0 Å². The fourth-order valence-electron chi connectivity index (χ4n) is 2.93. The summed E-state index contributed by atoms with van der Waals surface area (Å²) in [6.45, 7) is 5.12. The molecule has 1 aliphatic rings. The largest absolute Gasteiger partial charge is 0.480 e. The van der Waals surface area contributed by atoms with Gasteiger partial charge in [-0.3, -0.25) is 9.59 Å². The van der Waals surface area contributed by atoms with Crippen molar-refractivity contribution in [2.45, 2.75) is 20.8 Å². The number of aliphatic carboxylic acids is 1. The van der Waals surface area contributed by atoms with E-state index in [1.54, 1.807) is 12.3 Å². The first kappa shape index (κ1) is 17.4. The smallest absolute Gasteiger partial charge is 0.329 e. The number of aryl methyl sites for hydroxylation is 2. The molecule has 0 aromatic carbocycles. The van der Waals surface area contributed by atoms with Gasteiger partial charge in [0.25, 0.3) is 5.91 Å². The summed E-state index contributed by atoms with van der Waals surface area (Å²) in [5, 5.41) is 11.2. The van der Waals surface area contributed by atoms with E-state index in [2.05, 4.69) is 10.3 Å². The number of carbonyl (C=O) groups is 3. The summed E-state index contributed by atoms with van der Waals surface area (Å²) >= 11 is 0. The van der Waals surface area contributed by atoms with E-state index in [0.29, 0.717) is 4.90 Å². The van der Waals surface area contributed by atoms with E-state index in [4.69, 9.17) is 5.11 Å². The van der Waals surface area contributed by atoms with Crippen LogP contribution in [0.25, 0.3) is 11.9 Å². The third kappa shape index (κ3) is 3.08. The molecule has 0 spiro atoms. The highest BCUT2D eigenvalue weighted by molar-refractivity contribution is 6.15. The van der Waals surface area contributed by atoms with Crippen LogP contribution < -0.4 is 5.32 Å². The summed E-state index contributed by atoms with van der Waals surface area (Å²) in [6.07, 6.45) is 3.28. The first-order valence-electron chi connectivity index (χ1n) is 7.96. The number of aromatic nitrogens is 2. The normalized spacial score (nSPS) is 15.7. The quantitative estimate of drug-likeness (QED) is 0.643. The van der Waals surface area contributed by atoms with Gasteiger partial charge in [0, 0.05) is 17.6 Å². The lowest BCUT2D eigenvalue weighted by Crippen LogP contribution is -2.35. The third-order valence-electron chi connectivity index (χ3n) is 4.16. The van der Waals surface area contributed by atoms with Crippen LogP contribution in [-0.4, -0.2) is 44.0 Å². The monoisotopic (exact) mass is 354 g/mol. The van der Waals surface area contributed by atoms with Gasteiger partial charge in [0.2, 0.25) is 0 Å². The van der Waals surface area contributed by atoms with Gasteiger partial charge < -0.3 is 15.0 Å². The van der Waals surface area contributed by atoms with Crippen molar-refractivity contribution in [3.63, 3.8) is 0 Å². The van der Waals surface area contributed by atoms with Crippen molar-refractivity contribution in [2.24, 2.45) is 0 Å². The van der Waals surface area contributed by atoms with Crippen molar-refractivity contribution in [3.8, 4) is 5.82 Å². The van der Waals surface area contributed by atoms with Crippen LogP contribution in [0.1, 0.15) is 22.5 Å². The number of rotatable bonds is 4. The lowest BCUT2D eigenvalue weighted by Gasteiger charge is -2.09. The van der Waals surface area contributed by atoms with Crippen molar-refractivity contribution in [1.29, 1.82) is 0 Å². The highest BCUT2D eigenvalue weighted by atomic mass is 16.4. The minimum atomic E-state index is -1.25.